The van der Waals surface area contributed by atoms with Crippen LogP contribution in [-0.4, -0.2) is 55.1 Å². The van der Waals surface area contributed by atoms with Crippen molar-refractivity contribution in [2.75, 3.05) is 39.4 Å². The van der Waals surface area contributed by atoms with Gasteiger partial charge in [0.25, 0.3) is 0 Å². The van der Waals surface area contributed by atoms with E-state index in [2.05, 4.69) is 19.2 Å². The van der Waals surface area contributed by atoms with Crippen LogP contribution in [0.4, 0.5) is 0 Å². The van der Waals surface area contributed by atoms with E-state index < -0.39 is 0 Å². The minimum absolute atomic E-state index is 0.109. The van der Waals surface area contributed by atoms with Gasteiger partial charge in [-0.1, -0.05) is 18.2 Å². The van der Waals surface area contributed by atoms with Crippen molar-refractivity contribution in [3.8, 4) is 11.5 Å². The number of hydrogen-bond acceptors (Lipinski definition) is 4. The summed E-state index contributed by atoms with van der Waals surface area (Å²) in [6.45, 7) is 11.2. The predicted molar refractivity (Wildman–Crippen MR) is 98.0 cm³/mol. The van der Waals surface area contributed by atoms with Gasteiger partial charge in [0.2, 0.25) is 5.91 Å². The Morgan fingerprint density at radius 2 is 1.92 bits per heavy atom. The lowest BCUT2D eigenvalue weighted by molar-refractivity contribution is -0.133. The molecule has 0 saturated carbocycles. The molecule has 1 unspecified atom stereocenters. The van der Waals surface area contributed by atoms with Crippen LogP contribution in [0.15, 0.2) is 43.5 Å². The summed E-state index contributed by atoms with van der Waals surface area (Å²) >= 11 is 0. The maximum absolute atomic E-state index is 12.8. The molecule has 1 fully saturated rings. The third-order valence-corrected chi connectivity index (χ3v) is 4.66. The first-order valence-corrected chi connectivity index (χ1v) is 8.86. The summed E-state index contributed by atoms with van der Waals surface area (Å²) in [4.78, 5) is 16.9. The summed E-state index contributed by atoms with van der Waals surface area (Å²) < 4.78 is 11.3. The van der Waals surface area contributed by atoms with Crippen molar-refractivity contribution in [2.45, 2.75) is 18.9 Å². The first-order valence-electron chi connectivity index (χ1n) is 8.86. The number of amides is 1. The van der Waals surface area contributed by atoms with E-state index in [0.717, 1.165) is 36.4 Å². The minimum atomic E-state index is 0.109. The second kappa shape index (κ2) is 8.21. The maximum atomic E-state index is 12.8. The molecule has 1 amide bonds. The maximum Gasteiger partial charge on any atom is 0.237 e. The molecule has 0 bridgehead atoms. The van der Waals surface area contributed by atoms with Crippen LogP contribution in [0.25, 0.3) is 0 Å². The molecule has 2 aliphatic heterocycles. The number of carbonyl (C=O) groups is 1. The van der Waals surface area contributed by atoms with E-state index in [1.807, 2.05) is 34.1 Å². The van der Waals surface area contributed by atoms with Crippen LogP contribution in [0.5, 0.6) is 11.5 Å². The van der Waals surface area contributed by atoms with Gasteiger partial charge in [-0.25, -0.2) is 0 Å². The molecule has 25 heavy (non-hydrogen) atoms. The molecule has 3 rings (SSSR count). The fourth-order valence-corrected chi connectivity index (χ4v) is 3.53. The van der Waals surface area contributed by atoms with Crippen molar-refractivity contribution >= 4 is 5.91 Å². The van der Waals surface area contributed by atoms with Crippen molar-refractivity contribution in [3.63, 3.8) is 0 Å². The zero-order chi connectivity index (χ0) is 17.6. The zero-order valence-corrected chi connectivity index (χ0v) is 14.7. The summed E-state index contributed by atoms with van der Waals surface area (Å²) in [6, 6.07) is 6.13. The van der Waals surface area contributed by atoms with Gasteiger partial charge in [0.05, 0.1) is 12.6 Å². The van der Waals surface area contributed by atoms with Crippen LogP contribution in [0.3, 0.4) is 0 Å². The molecule has 1 saturated heterocycles. The molecule has 0 radical (unpaired) electrons. The SMILES string of the molecule is C=CCN(CC=C)CC(=O)N1CCCC1c1ccc2c(c1)OCCO2. The van der Waals surface area contributed by atoms with Crippen molar-refractivity contribution in [1.82, 2.24) is 9.80 Å². The molecule has 0 N–H and O–H groups in total. The molecule has 2 aliphatic rings. The van der Waals surface area contributed by atoms with Crippen molar-refractivity contribution in [3.05, 3.63) is 49.1 Å². The topological polar surface area (TPSA) is 42.0 Å². The van der Waals surface area contributed by atoms with Gasteiger partial charge < -0.3 is 14.4 Å². The molecule has 5 nitrogen and oxygen atoms in total. The minimum Gasteiger partial charge on any atom is -0.486 e. The molecule has 5 heteroatoms. The standard InChI is InChI=1S/C20H26N2O3/c1-3-9-21(10-4-2)15-20(23)22-11-5-6-17(22)16-7-8-18-19(14-16)25-13-12-24-18/h3-4,7-8,14,17H,1-2,5-6,9-13,15H2. The number of fused-ring (bicyclic) bond motifs is 1. The molecular formula is C20H26N2O3. The van der Waals surface area contributed by atoms with Gasteiger partial charge in [-0.3, -0.25) is 9.69 Å². The summed E-state index contributed by atoms with van der Waals surface area (Å²) in [6.07, 6.45) is 5.64. The summed E-state index contributed by atoms with van der Waals surface area (Å²) in [5, 5.41) is 0. The number of likely N-dealkylation sites (tertiary alicyclic amines) is 1. The largest absolute Gasteiger partial charge is 0.486 e. The van der Waals surface area contributed by atoms with Gasteiger partial charge in [0, 0.05) is 19.6 Å². The number of carbonyl (C=O) groups excluding carboxylic acids is 1. The third kappa shape index (κ3) is 4.04. The van der Waals surface area contributed by atoms with E-state index in [-0.39, 0.29) is 11.9 Å². The zero-order valence-electron chi connectivity index (χ0n) is 14.7. The highest BCUT2D eigenvalue weighted by Crippen LogP contribution is 2.38. The van der Waals surface area contributed by atoms with Crippen LogP contribution in [-0.2, 0) is 4.79 Å². The molecule has 1 atom stereocenters. The Bertz CT molecular complexity index is 634. The van der Waals surface area contributed by atoms with E-state index in [1.54, 1.807) is 0 Å². The number of benzene rings is 1. The van der Waals surface area contributed by atoms with E-state index in [0.29, 0.717) is 32.8 Å². The first kappa shape index (κ1) is 17.5. The average molecular weight is 342 g/mol. The Hall–Kier alpha value is -2.27. The highest BCUT2D eigenvalue weighted by atomic mass is 16.6. The lowest BCUT2D eigenvalue weighted by Crippen LogP contribution is -2.40. The average Bonchev–Trinajstić information content (AvgIpc) is 3.11. The molecule has 0 aliphatic carbocycles. The van der Waals surface area contributed by atoms with Crippen molar-refractivity contribution in [1.29, 1.82) is 0 Å². The number of ether oxygens (including phenoxy) is 2. The highest BCUT2D eigenvalue weighted by molar-refractivity contribution is 5.79. The lowest BCUT2D eigenvalue weighted by atomic mass is 10.0. The predicted octanol–water partition coefficient (Wildman–Crippen LogP) is 2.80. The summed E-state index contributed by atoms with van der Waals surface area (Å²) in [7, 11) is 0. The van der Waals surface area contributed by atoms with Crippen LogP contribution in [0, 0.1) is 0 Å². The third-order valence-electron chi connectivity index (χ3n) is 4.66. The number of nitrogens with zero attached hydrogens (tertiary/aromatic N) is 2. The Kier molecular flexibility index (Phi) is 5.76. The van der Waals surface area contributed by atoms with Crippen molar-refractivity contribution in [2.24, 2.45) is 0 Å². The lowest BCUT2D eigenvalue weighted by Gasteiger charge is -2.29. The molecule has 1 aromatic rings. The van der Waals surface area contributed by atoms with E-state index in [4.69, 9.17) is 9.47 Å². The number of hydrogen-bond donors (Lipinski definition) is 0. The number of rotatable bonds is 7. The molecule has 0 spiro atoms. The first-order chi connectivity index (χ1) is 12.2. The monoisotopic (exact) mass is 342 g/mol. The quantitative estimate of drug-likeness (QED) is 0.715. The second-order valence-corrected chi connectivity index (χ2v) is 6.42. The Morgan fingerprint density at radius 1 is 1.20 bits per heavy atom. The highest BCUT2D eigenvalue weighted by Gasteiger charge is 2.31. The molecule has 2 heterocycles. The van der Waals surface area contributed by atoms with Crippen LogP contribution in [0.1, 0.15) is 24.4 Å². The molecule has 134 valence electrons. The van der Waals surface area contributed by atoms with Gasteiger partial charge >= 0.3 is 0 Å². The van der Waals surface area contributed by atoms with Gasteiger partial charge in [0.1, 0.15) is 13.2 Å². The molecule has 1 aromatic carbocycles. The van der Waals surface area contributed by atoms with Crippen LogP contribution in [0.2, 0.25) is 0 Å². The second-order valence-electron chi connectivity index (χ2n) is 6.42. The van der Waals surface area contributed by atoms with E-state index in [1.165, 1.54) is 0 Å². The van der Waals surface area contributed by atoms with Crippen LogP contribution >= 0.6 is 0 Å². The summed E-state index contributed by atoms with van der Waals surface area (Å²) in [5.41, 5.74) is 1.12. The van der Waals surface area contributed by atoms with Crippen LogP contribution < -0.4 is 9.47 Å². The Balaban J connectivity index is 1.72. The van der Waals surface area contributed by atoms with E-state index >= 15 is 0 Å². The normalized spacial score (nSPS) is 19.1. The Morgan fingerprint density at radius 3 is 2.64 bits per heavy atom. The van der Waals surface area contributed by atoms with Gasteiger partial charge in [0.15, 0.2) is 11.5 Å². The molecule has 0 aromatic heterocycles. The fourth-order valence-electron chi connectivity index (χ4n) is 3.53. The van der Waals surface area contributed by atoms with E-state index in [9.17, 15) is 4.79 Å². The Labute approximate surface area is 149 Å². The van der Waals surface area contributed by atoms with Gasteiger partial charge in [-0.2, -0.15) is 0 Å². The molecular weight excluding hydrogens is 316 g/mol. The summed E-state index contributed by atoms with van der Waals surface area (Å²) in [5.74, 6) is 1.72. The van der Waals surface area contributed by atoms with Gasteiger partial charge in [-0.15, -0.1) is 13.2 Å². The van der Waals surface area contributed by atoms with Crippen molar-refractivity contribution < 1.29 is 14.3 Å². The smallest absolute Gasteiger partial charge is 0.237 e. The fraction of sp³-hybridized carbons (Fsp3) is 0.450. The van der Waals surface area contributed by atoms with Gasteiger partial charge in [-0.05, 0) is 30.5 Å².